The minimum absolute atomic E-state index is 0.00253. The molecule has 0 N–H and O–H groups in total. The van der Waals surface area contributed by atoms with Crippen LogP contribution in [-0.4, -0.2) is 52.7 Å². The molecular formula is C19H23N3O4. The maximum atomic E-state index is 12.8. The fourth-order valence-corrected chi connectivity index (χ4v) is 3.58. The Morgan fingerprint density at radius 1 is 1.27 bits per heavy atom. The van der Waals surface area contributed by atoms with Gasteiger partial charge in [0.05, 0.1) is 25.3 Å². The van der Waals surface area contributed by atoms with E-state index in [0.29, 0.717) is 31.6 Å². The van der Waals surface area contributed by atoms with Crippen molar-refractivity contribution in [2.24, 2.45) is 5.92 Å². The van der Waals surface area contributed by atoms with E-state index in [2.05, 4.69) is 4.98 Å². The van der Waals surface area contributed by atoms with Gasteiger partial charge in [0.1, 0.15) is 17.4 Å². The number of nitriles is 1. The summed E-state index contributed by atoms with van der Waals surface area (Å²) in [7, 11) is 0. The smallest absolute Gasteiger partial charge is 0.410 e. The van der Waals surface area contributed by atoms with E-state index in [-0.39, 0.29) is 35.6 Å². The number of rotatable bonds is 2. The monoisotopic (exact) mass is 357 g/mol. The molecule has 3 rings (SSSR count). The number of hydrogen-bond donors (Lipinski definition) is 0. The Labute approximate surface area is 152 Å². The highest BCUT2D eigenvalue weighted by molar-refractivity contribution is 5.97. The van der Waals surface area contributed by atoms with Crippen LogP contribution in [-0.2, 0) is 9.47 Å². The number of fused-ring (bicyclic) bond motifs is 2. The van der Waals surface area contributed by atoms with Crippen molar-refractivity contribution < 1.29 is 19.1 Å². The molecule has 1 amide bonds. The molecule has 2 unspecified atom stereocenters. The number of aromatic nitrogens is 1. The summed E-state index contributed by atoms with van der Waals surface area (Å²) >= 11 is 0. The number of ketones is 1. The molecule has 3 heterocycles. The van der Waals surface area contributed by atoms with Crippen LogP contribution < -0.4 is 0 Å². The van der Waals surface area contributed by atoms with Gasteiger partial charge in [-0.05, 0) is 45.7 Å². The van der Waals surface area contributed by atoms with E-state index in [1.54, 1.807) is 17.0 Å². The molecule has 2 bridgehead atoms. The first-order valence-electron chi connectivity index (χ1n) is 8.78. The summed E-state index contributed by atoms with van der Waals surface area (Å²) < 4.78 is 11.1. The Morgan fingerprint density at radius 3 is 2.42 bits per heavy atom. The van der Waals surface area contributed by atoms with Crippen molar-refractivity contribution in [3.8, 4) is 6.07 Å². The quantitative estimate of drug-likeness (QED) is 0.755. The van der Waals surface area contributed by atoms with Gasteiger partial charge in [0.25, 0.3) is 0 Å². The van der Waals surface area contributed by atoms with Crippen molar-refractivity contribution in [1.29, 1.82) is 5.26 Å². The molecule has 1 aromatic rings. The number of nitrogens with zero attached hydrogens (tertiary/aromatic N) is 3. The molecule has 138 valence electrons. The number of pyridine rings is 1. The van der Waals surface area contributed by atoms with Gasteiger partial charge in [0.15, 0.2) is 5.78 Å². The van der Waals surface area contributed by atoms with Gasteiger partial charge in [-0.3, -0.25) is 9.69 Å². The van der Waals surface area contributed by atoms with E-state index in [1.807, 2.05) is 26.8 Å². The lowest BCUT2D eigenvalue weighted by atomic mass is 9.81. The molecule has 26 heavy (non-hydrogen) atoms. The lowest BCUT2D eigenvalue weighted by molar-refractivity contribution is -0.0861. The second kappa shape index (κ2) is 7.04. The highest BCUT2D eigenvalue weighted by atomic mass is 16.6. The lowest BCUT2D eigenvalue weighted by Gasteiger charge is -2.47. The van der Waals surface area contributed by atoms with Gasteiger partial charge in [-0.15, -0.1) is 0 Å². The number of morpholine rings is 1. The second-order valence-electron chi connectivity index (χ2n) is 7.81. The zero-order valence-electron chi connectivity index (χ0n) is 15.3. The van der Waals surface area contributed by atoms with E-state index in [0.717, 1.165) is 0 Å². The summed E-state index contributed by atoms with van der Waals surface area (Å²) in [6, 6.07) is 4.80. The molecule has 2 fully saturated rings. The SMILES string of the molecule is CC(C)(C)OC(=O)N1C2COCC1CC(C(=O)c1ccc(C#N)nc1)C2. The van der Waals surface area contributed by atoms with Crippen LogP contribution >= 0.6 is 0 Å². The van der Waals surface area contributed by atoms with E-state index >= 15 is 0 Å². The number of amides is 1. The van der Waals surface area contributed by atoms with Crippen LogP contribution in [0.4, 0.5) is 4.79 Å². The van der Waals surface area contributed by atoms with Gasteiger partial charge in [-0.1, -0.05) is 0 Å². The minimum atomic E-state index is -0.562. The number of hydrogen-bond acceptors (Lipinski definition) is 6. The van der Waals surface area contributed by atoms with E-state index in [1.165, 1.54) is 6.20 Å². The van der Waals surface area contributed by atoms with E-state index in [4.69, 9.17) is 14.7 Å². The highest BCUT2D eigenvalue weighted by Gasteiger charge is 2.45. The van der Waals surface area contributed by atoms with Gasteiger partial charge >= 0.3 is 6.09 Å². The Balaban J connectivity index is 1.73. The lowest BCUT2D eigenvalue weighted by Crippen LogP contribution is -2.60. The van der Waals surface area contributed by atoms with Crippen LogP contribution in [0, 0.1) is 17.2 Å². The van der Waals surface area contributed by atoms with Gasteiger partial charge in [0.2, 0.25) is 0 Å². The zero-order chi connectivity index (χ0) is 18.9. The molecule has 0 saturated carbocycles. The molecule has 2 saturated heterocycles. The predicted octanol–water partition coefficient (Wildman–Crippen LogP) is 2.55. The van der Waals surface area contributed by atoms with Crippen molar-refractivity contribution in [2.45, 2.75) is 51.3 Å². The third-order valence-electron chi connectivity index (χ3n) is 4.66. The van der Waals surface area contributed by atoms with Gasteiger partial charge in [-0.2, -0.15) is 5.26 Å². The van der Waals surface area contributed by atoms with Crippen LogP contribution in [0.1, 0.15) is 49.7 Å². The average molecular weight is 357 g/mol. The van der Waals surface area contributed by atoms with Gasteiger partial charge in [-0.25, -0.2) is 9.78 Å². The average Bonchev–Trinajstić information content (AvgIpc) is 2.58. The maximum Gasteiger partial charge on any atom is 0.410 e. The normalized spacial score (nSPS) is 25.3. The summed E-state index contributed by atoms with van der Waals surface area (Å²) in [5.74, 6) is -0.190. The number of Topliss-reactive ketones (excluding diaryl/α,β-unsaturated/α-hetero) is 1. The first kappa shape index (κ1) is 18.3. The zero-order valence-corrected chi connectivity index (χ0v) is 15.3. The first-order chi connectivity index (χ1) is 12.3. The third kappa shape index (κ3) is 3.86. The van der Waals surface area contributed by atoms with Crippen LogP contribution in [0.5, 0.6) is 0 Å². The number of carbonyl (C=O) groups excluding carboxylic acids is 2. The van der Waals surface area contributed by atoms with Gasteiger partial charge in [0, 0.05) is 17.7 Å². The van der Waals surface area contributed by atoms with Crippen molar-refractivity contribution in [3.05, 3.63) is 29.6 Å². The molecule has 0 radical (unpaired) electrons. The second-order valence-corrected chi connectivity index (χ2v) is 7.81. The maximum absolute atomic E-state index is 12.8. The highest BCUT2D eigenvalue weighted by Crippen LogP contribution is 2.34. The Kier molecular flexibility index (Phi) is 4.97. The number of ether oxygens (including phenoxy) is 2. The Hall–Kier alpha value is -2.46. The summed E-state index contributed by atoms with van der Waals surface area (Å²) in [6.07, 6.45) is 2.18. The number of piperidine rings is 1. The molecule has 7 heteroatoms. The molecule has 0 aromatic carbocycles. The van der Waals surface area contributed by atoms with Crippen molar-refractivity contribution in [2.75, 3.05) is 13.2 Å². The minimum Gasteiger partial charge on any atom is -0.444 e. The fourth-order valence-electron chi connectivity index (χ4n) is 3.58. The predicted molar refractivity (Wildman–Crippen MR) is 92.5 cm³/mol. The van der Waals surface area contributed by atoms with E-state index < -0.39 is 5.60 Å². The first-order valence-corrected chi connectivity index (χ1v) is 8.78. The van der Waals surface area contributed by atoms with Crippen LogP contribution in [0.3, 0.4) is 0 Å². The van der Waals surface area contributed by atoms with Crippen LogP contribution in [0.25, 0.3) is 0 Å². The Morgan fingerprint density at radius 2 is 1.92 bits per heavy atom. The summed E-state index contributed by atoms with van der Waals surface area (Å²) in [4.78, 5) is 31.1. The summed E-state index contributed by atoms with van der Waals surface area (Å²) in [6.45, 7) is 6.33. The largest absolute Gasteiger partial charge is 0.444 e. The molecule has 2 aliphatic rings. The van der Waals surface area contributed by atoms with Crippen molar-refractivity contribution in [1.82, 2.24) is 9.88 Å². The summed E-state index contributed by atoms with van der Waals surface area (Å²) in [5, 5.41) is 8.83. The standard InChI is InChI=1S/C19H23N3O4/c1-19(2,3)26-18(24)22-15-6-13(7-16(22)11-25-10-15)17(23)12-4-5-14(8-20)21-9-12/h4-5,9,13,15-16H,6-7,10-11H2,1-3H3. The fraction of sp³-hybridized carbons (Fsp3) is 0.579. The Bertz CT molecular complexity index is 719. The summed E-state index contributed by atoms with van der Waals surface area (Å²) in [5.41, 5.74) is 0.220. The molecule has 0 aliphatic carbocycles. The molecule has 0 spiro atoms. The van der Waals surface area contributed by atoms with Crippen LogP contribution in [0.2, 0.25) is 0 Å². The topological polar surface area (TPSA) is 92.5 Å². The molecule has 2 atom stereocenters. The van der Waals surface area contributed by atoms with Crippen molar-refractivity contribution in [3.63, 3.8) is 0 Å². The van der Waals surface area contributed by atoms with Crippen molar-refractivity contribution >= 4 is 11.9 Å². The molecule has 2 aliphatic heterocycles. The third-order valence-corrected chi connectivity index (χ3v) is 4.66. The van der Waals surface area contributed by atoms with E-state index in [9.17, 15) is 9.59 Å². The van der Waals surface area contributed by atoms with Gasteiger partial charge < -0.3 is 9.47 Å². The molecular weight excluding hydrogens is 334 g/mol. The van der Waals surface area contributed by atoms with Crippen LogP contribution in [0.15, 0.2) is 18.3 Å². The molecule has 1 aromatic heterocycles. The number of carbonyl (C=O) groups is 2. The molecule has 7 nitrogen and oxygen atoms in total.